The number of piperidine rings is 1. The van der Waals surface area contributed by atoms with Crippen LogP contribution in [0.4, 0.5) is 13.2 Å². The van der Waals surface area contributed by atoms with Crippen LogP contribution in [0.25, 0.3) is 0 Å². The van der Waals surface area contributed by atoms with Crippen molar-refractivity contribution in [3.05, 3.63) is 0 Å². The third-order valence-corrected chi connectivity index (χ3v) is 3.96. The molecule has 0 aromatic rings. The first-order valence-electron chi connectivity index (χ1n) is 5.23. The molecule has 2 rings (SSSR count). The fourth-order valence-corrected chi connectivity index (χ4v) is 2.87. The second-order valence-corrected chi connectivity index (χ2v) is 4.71. The molecule has 2 bridgehead atoms. The summed E-state index contributed by atoms with van der Waals surface area (Å²) in [5.41, 5.74) is -5.60. The van der Waals surface area contributed by atoms with Gasteiger partial charge in [0.1, 0.15) is 11.6 Å². The van der Waals surface area contributed by atoms with Crippen molar-refractivity contribution in [2.45, 2.75) is 48.4 Å². The molecule has 5 nitrogen and oxygen atoms in total. The minimum Gasteiger partial charge on any atom is -0.394 e. The Labute approximate surface area is 94.9 Å². The molecule has 2 saturated heterocycles. The Morgan fingerprint density at radius 3 is 2.35 bits per heavy atom. The smallest absolute Gasteiger partial charge is 0.394 e. The van der Waals surface area contributed by atoms with Crippen LogP contribution in [0.2, 0.25) is 0 Å². The van der Waals surface area contributed by atoms with Gasteiger partial charge < -0.3 is 20.4 Å². The summed E-state index contributed by atoms with van der Waals surface area (Å²) in [6.45, 7) is -1.11. The lowest BCUT2D eigenvalue weighted by Gasteiger charge is -2.49. The van der Waals surface area contributed by atoms with Gasteiger partial charge in [-0.15, -0.1) is 0 Å². The predicted molar refractivity (Wildman–Crippen MR) is 49.0 cm³/mol. The summed E-state index contributed by atoms with van der Waals surface area (Å²) in [7, 11) is 0. The van der Waals surface area contributed by atoms with Crippen molar-refractivity contribution in [3.63, 3.8) is 0 Å². The van der Waals surface area contributed by atoms with Crippen LogP contribution in [0.1, 0.15) is 12.8 Å². The second kappa shape index (κ2) is 3.55. The van der Waals surface area contributed by atoms with E-state index in [1.165, 1.54) is 0 Å². The van der Waals surface area contributed by atoms with E-state index in [1.54, 1.807) is 0 Å². The Kier molecular flexibility index (Phi) is 2.72. The molecule has 5 N–H and O–H groups in total. The van der Waals surface area contributed by atoms with Crippen molar-refractivity contribution in [2.24, 2.45) is 0 Å². The first kappa shape index (κ1) is 13.0. The van der Waals surface area contributed by atoms with Crippen LogP contribution in [-0.2, 0) is 0 Å². The van der Waals surface area contributed by atoms with Gasteiger partial charge in [-0.25, -0.2) is 0 Å². The van der Waals surface area contributed by atoms with E-state index in [9.17, 15) is 28.5 Å². The SMILES string of the molecule is OC[C@@]12N[C@@H](CC[C@@]1(O)C(F)(F)F)[C@H](O)[C@H]2O. The lowest BCUT2D eigenvalue weighted by atomic mass is 9.73. The van der Waals surface area contributed by atoms with E-state index < -0.39 is 48.6 Å². The molecule has 2 aliphatic heterocycles. The molecule has 100 valence electrons. The number of alkyl halides is 3. The monoisotopic (exact) mass is 257 g/mol. The molecule has 5 atom stereocenters. The number of hydrogen-bond acceptors (Lipinski definition) is 5. The molecule has 0 aromatic heterocycles. The van der Waals surface area contributed by atoms with Crippen LogP contribution in [-0.4, -0.2) is 62.6 Å². The molecule has 0 aliphatic carbocycles. The first-order chi connectivity index (χ1) is 7.69. The van der Waals surface area contributed by atoms with Crippen molar-refractivity contribution in [2.75, 3.05) is 6.61 Å². The number of aliphatic hydroxyl groups is 4. The van der Waals surface area contributed by atoms with Crippen LogP contribution < -0.4 is 5.32 Å². The summed E-state index contributed by atoms with van der Waals surface area (Å²) in [5.74, 6) is 0. The molecule has 0 spiro atoms. The van der Waals surface area contributed by atoms with Crippen molar-refractivity contribution < 1.29 is 33.6 Å². The summed E-state index contributed by atoms with van der Waals surface area (Å²) in [6.07, 6.45) is -9.09. The summed E-state index contributed by atoms with van der Waals surface area (Å²) < 4.78 is 38.8. The summed E-state index contributed by atoms with van der Waals surface area (Å²) in [4.78, 5) is 0. The van der Waals surface area contributed by atoms with Crippen LogP contribution in [0, 0.1) is 0 Å². The third kappa shape index (κ3) is 1.39. The van der Waals surface area contributed by atoms with Crippen LogP contribution in [0.3, 0.4) is 0 Å². The van der Waals surface area contributed by atoms with Gasteiger partial charge in [0.05, 0.1) is 12.7 Å². The normalized spacial score (nSPS) is 50.6. The lowest BCUT2D eigenvalue weighted by molar-refractivity contribution is -0.307. The van der Waals surface area contributed by atoms with Crippen LogP contribution in [0.5, 0.6) is 0 Å². The topological polar surface area (TPSA) is 93.0 Å². The number of halogens is 3. The largest absolute Gasteiger partial charge is 0.419 e. The van der Waals surface area contributed by atoms with E-state index in [0.717, 1.165) is 0 Å². The van der Waals surface area contributed by atoms with Crippen LogP contribution in [0.15, 0.2) is 0 Å². The molecule has 0 saturated carbocycles. The average Bonchev–Trinajstić information content (AvgIpc) is 2.46. The summed E-state index contributed by atoms with van der Waals surface area (Å²) in [6, 6.07) is -0.750. The third-order valence-electron chi connectivity index (χ3n) is 3.96. The van der Waals surface area contributed by atoms with Gasteiger partial charge in [0.15, 0.2) is 5.60 Å². The van der Waals surface area contributed by atoms with Gasteiger partial charge >= 0.3 is 6.18 Å². The van der Waals surface area contributed by atoms with Crippen molar-refractivity contribution in [3.8, 4) is 0 Å². The van der Waals surface area contributed by atoms with E-state index >= 15 is 0 Å². The maximum atomic E-state index is 12.9. The van der Waals surface area contributed by atoms with Gasteiger partial charge in [-0.1, -0.05) is 0 Å². The highest BCUT2D eigenvalue weighted by Crippen LogP contribution is 2.50. The first-order valence-corrected chi connectivity index (χ1v) is 5.23. The molecule has 2 aliphatic rings. The number of aliphatic hydroxyl groups excluding tert-OH is 3. The highest BCUT2D eigenvalue weighted by atomic mass is 19.4. The van der Waals surface area contributed by atoms with Gasteiger partial charge in [0, 0.05) is 6.04 Å². The van der Waals surface area contributed by atoms with Gasteiger partial charge in [0.2, 0.25) is 0 Å². The number of fused-ring (bicyclic) bond motifs is 2. The maximum Gasteiger partial charge on any atom is 0.419 e. The van der Waals surface area contributed by atoms with Crippen molar-refractivity contribution >= 4 is 0 Å². The Balaban J connectivity index is 2.49. The summed E-state index contributed by atoms with van der Waals surface area (Å²) >= 11 is 0. The molecule has 17 heavy (non-hydrogen) atoms. The molecule has 2 fully saturated rings. The number of hydrogen-bond donors (Lipinski definition) is 5. The second-order valence-electron chi connectivity index (χ2n) is 4.71. The van der Waals surface area contributed by atoms with Crippen molar-refractivity contribution in [1.82, 2.24) is 5.32 Å². The molecule has 0 radical (unpaired) electrons. The summed E-state index contributed by atoms with van der Waals surface area (Å²) in [5, 5.41) is 40.6. The van der Waals surface area contributed by atoms with E-state index in [4.69, 9.17) is 5.11 Å². The predicted octanol–water partition coefficient (Wildman–Crippen LogP) is -1.50. The highest BCUT2D eigenvalue weighted by Gasteiger charge is 2.74. The lowest BCUT2D eigenvalue weighted by Crippen LogP contribution is -2.75. The standard InChI is InChI=1S/C9H14F3NO4/c10-9(11,12)8(17)2-1-4-5(15)6(16)7(8,3-14)13-4/h4-6,13-17H,1-3H2/t4-,5-,6+,7-,8-/m0/s1. The molecule has 0 unspecified atom stereocenters. The minimum atomic E-state index is -5.00. The van der Waals surface area contributed by atoms with Crippen LogP contribution >= 0.6 is 0 Å². The quantitative estimate of drug-likeness (QED) is 0.394. The molecular weight excluding hydrogens is 243 g/mol. The van der Waals surface area contributed by atoms with E-state index in [0.29, 0.717) is 0 Å². The van der Waals surface area contributed by atoms with Crippen molar-refractivity contribution in [1.29, 1.82) is 0 Å². The Morgan fingerprint density at radius 2 is 1.88 bits per heavy atom. The maximum absolute atomic E-state index is 12.9. The number of rotatable bonds is 1. The number of nitrogens with one attached hydrogen (secondary N) is 1. The fourth-order valence-electron chi connectivity index (χ4n) is 2.87. The highest BCUT2D eigenvalue weighted by molar-refractivity contribution is 5.24. The van der Waals surface area contributed by atoms with E-state index in [2.05, 4.69) is 5.32 Å². The van der Waals surface area contributed by atoms with E-state index in [-0.39, 0.29) is 6.42 Å². The fraction of sp³-hybridized carbons (Fsp3) is 1.00. The zero-order valence-electron chi connectivity index (χ0n) is 8.78. The van der Waals surface area contributed by atoms with Gasteiger partial charge in [-0.3, -0.25) is 5.32 Å². The zero-order chi connectivity index (χ0) is 13.1. The Hall–Kier alpha value is -0.410. The van der Waals surface area contributed by atoms with E-state index in [1.807, 2.05) is 0 Å². The molecule has 8 heteroatoms. The average molecular weight is 257 g/mol. The Morgan fingerprint density at radius 1 is 1.29 bits per heavy atom. The minimum absolute atomic E-state index is 0.129. The molecule has 2 heterocycles. The molecule has 0 aromatic carbocycles. The molecular formula is C9H14F3NO4. The van der Waals surface area contributed by atoms with Gasteiger partial charge in [-0.2, -0.15) is 13.2 Å². The zero-order valence-corrected chi connectivity index (χ0v) is 8.78. The molecule has 0 amide bonds. The van der Waals surface area contributed by atoms with Gasteiger partial charge in [-0.05, 0) is 12.8 Å². The van der Waals surface area contributed by atoms with Gasteiger partial charge in [0.25, 0.3) is 0 Å². The Bertz CT molecular complexity index is 326.